The van der Waals surface area contributed by atoms with Crippen LogP contribution in [0.4, 0.5) is 4.39 Å². The van der Waals surface area contributed by atoms with Gasteiger partial charge in [0.05, 0.1) is 6.54 Å². The van der Waals surface area contributed by atoms with Crippen LogP contribution in [0.15, 0.2) is 36.4 Å². The number of amides is 2. The topological polar surface area (TPSA) is 49.4 Å². The minimum Gasteiger partial charge on any atom is -0.358 e. The van der Waals surface area contributed by atoms with Gasteiger partial charge in [0.15, 0.2) is 0 Å². The van der Waals surface area contributed by atoms with Crippen LogP contribution in [0, 0.1) is 5.82 Å². The molecule has 0 aliphatic heterocycles. The highest BCUT2D eigenvalue weighted by Gasteiger charge is 2.19. The Morgan fingerprint density at radius 3 is 2.43 bits per heavy atom. The molecule has 110 valence electrons. The molecule has 2 amide bonds. The lowest BCUT2D eigenvalue weighted by Gasteiger charge is -2.20. The molecular formula is C16H17FN2O2. The minimum atomic E-state index is -0.364. The van der Waals surface area contributed by atoms with Crippen molar-refractivity contribution in [3.63, 3.8) is 0 Å². The maximum absolute atomic E-state index is 13.8. The molecule has 1 N–H and O–H groups in total. The number of benzene rings is 2. The van der Waals surface area contributed by atoms with Crippen molar-refractivity contribution in [2.45, 2.75) is 6.92 Å². The van der Waals surface area contributed by atoms with Crippen molar-refractivity contribution in [2.75, 3.05) is 20.1 Å². The summed E-state index contributed by atoms with van der Waals surface area (Å²) in [6, 6.07) is 9.57. The third kappa shape index (κ3) is 3.02. The molecule has 4 nitrogen and oxygen atoms in total. The Morgan fingerprint density at radius 1 is 1.14 bits per heavy atom. The highest BCUT2D eigenvalue weighted by molar-refractivity contribution is 6.07. The quantitative estimate of drug-likeness (QED) is 0.937. The lowest BCUT2D eigenvalue weighted by atomic mass is 10.0. The van der Waals surface area contributed by atoms with Gasteiger partial charge in [0.1, 0.15) is 5.82 Å². The first kappa shape index (κ1) is 15.0. The van der Waals surface area contributed by atoms with Gasteiger partial charge in [-0.2, -0.15) is 0 Å². The van der Waals surface area contributed by atoms with E-state index in [1.807, 2.05) is 0 Å². The summed E-state index contributed by atoms with van der Waals surface area (Å²) in [4.78, 5) is 25.5. The molecule has 2 rings (SSSR count). The first-order chi connectivity index (χ1) is 10.1. The van der Waals surface area contributed by atoms with Gasteiger partial charge in [0, 0.05) is 24.5 Å². The smallest absolute Gasteiger partial charge is 0.254 e. The summed E-state index contributed by atoms with van der Waals surface area (Å²) in [7, 11) is 1.52. The van der Waals surface area contributed by atoms with E-state index in [2.05, 4.69) is 5.32 Å². The zero-order chi connectivity index (χ0) is 15.4. The van der Waals surface area contributed by atoms with E-state index in [9.17, 15) is 14.0 Å². The predicted molar refractivity (Wildman–Crippen MR) is 79.6 cm³/mol. The van der Waals surface area contributed by atoms with E-state index in [1.165, 1.54) is 24.1 Å². The number of carbonyl (C=O) groups excluding carboxylic acids is 2. The van der Waals surface area contributed by atoms with Crippen LogP contribution in [-0.2, 0) is 4.79 Å². The van der Waals surface area contributed by atoms with Crippen molar-refractivity contribution < 1.29 is 14.0 Å². The average Bonchev–Trinajstić information content (AvgIpc) is 2.52. The first-order valence-corrected chi connectivity index (χ1v) is 6.75. The molecule has 0 atom stereocenters. The normalized spacial score (nSPS) is 10.4. The van der Waals surface area contributed by atoms with E-state index in [0.717, 1.165) is 0 Å². The second kappa shape index (κ2) is 6.35. The van der Waals surface area contributed by atoms with Crippen LogP contribution >= 0.6 is 0 Å². The molecule has 0 saturated carbocycles. The van der Waals surface area contributed by atoms with Gasteiger partial charge in [-0.15, -0.1) is 0 Å². The van der Waals surface area contributed by atoms with Crippen molar-refractivity contribution >= 4 is 22.6 Å². The van der Waals surface area contributed by atoms with Gasteiger partial charge >= 0.3 is 0 Å². The molecule has 0 saturated heterocycles. The first-order valence-electron chi connectivity index (χ1n) is 6.75. The Kier molecular flexibility index (Phi) is 4.52. The molecule has 0 unspecified atom stereocenters. The van der Waals surface area contributed by atoms with E-state index < -0.39 is 0 Å². The van der Waals surface area contributed by atoms with Gasteiger partial charge < -0.3 is 10.2 Å². The van der Waals surface area contributed by atoms with Gasteiger partial charge in [0.25, 0.3) is 5.91 Å². The summed E-state index contributed by atoms with van der Waals surface area (Å²) < 4.78 is 13.8. The standard InChI is InChI=1S/C16H17FN2O2/c1-3-19(10-15(20)18-2)16(21)13-8-9-14(17)12-7-5-4-6-11(12)13/h4-9H,3,10H2,1-2H3,(H,18,20). The fraction of sp³-hybridized carbons (Fsp3) is 0.250. The highest BCUT2D eigenvalue weighted by Crippen LogP contribution is 2.23. The van der Waals surface area contributed by atoms with Gasteiger partial charge in [-0.1, -0.05) is 24.3 Å². The van der Waals surface area contributed by atoms with Crippen molar-refractivity contribution in [3.05, 3.63) is 47.8 Å². The molecule has 0 spiro atoms. The van der Waals surface area contributed by atoms with Crippen LogP contribution in [-0.4, -0.2) is 36.9 Å². The zero-order valence-electron chi connectivity index (χ0n) is 12.0. The Balaban J connectivity index is 2.43. The molecule has 2 aromatic carbocycles. The van der Waals surface area contributed by atoms with Crippen molar-refractivity contribution in [3.8, 4) is 0 Å². The molecule has 21 heavy (non-hydrogen) atoms. The van der Waals surface area contributed by atoms with Gasteiger partial charge in [-0.25, -0.2) is 4.39 Å². The summed E-state index contributed by atoms with van der Waals surface area (Å²) in [6.45, 7) is 2.18. The third-order valence-electron chi connectivity index (χ3n) is 3.38. The fourth-order valence-corrected chi connectivity index (χ4v) is 2.20. The van der Waals surface area contributed by atoms with Crippen molar-refractivity contribution in [1.29, 1.82) is 0 Å². The number of halogens is 1. The maximum atomic E-state index is 13.8. The predicted octanol–water partition coefficient (Wildman–Crippen LogP) is 2.19. The van der Waals surface area contributed by atoms with Gasteiger partial charge in [0.2, 0.25) is 5.91 Å². The molecule has 2 aromatic rings. The molecular weight excluding hydrogens is 271 g/mol. The van der Waals surface area contributed by atoms with Crippen LogP contribution in [0.1, 0.15) is 17.3 Å². The van der Waals surface area contributed by atoms with Crippen LogP contribution in [0.5, 0.6) is 0 Å². The summed E-state index contributed by atoms with van der Waals surface area (Å²) in [6.07, 6.45) is 0. The fourth-order valence-electron chi connectivity index (χ4n) is 2.20. The molecule has 0 aromatic heterocycles. The second-order valence-electron chi connectivity index (χ2n) is 4.63. The number of hydrogen-bond acceptors (Lipinski definition) is 2. The van der Waals surface area contributed by atoms with E-state index in [0.29, 0.717) is 22.9 Å². The van der Waals surface area contributed by atoms with Crippen LogP contribution in [0.3, 0.4) is 0 Å². The van der Waals surface area contributed by atoms with Crippen molar-refractivity contribution in [1.82, 2.24) is 10.2 Å². The SMILES string of the molecule is CCN(CC(=O)NC)C(=O)c1ccc(F)c2ccccc12. The summed E-state index contributed by atoms with van der Waals surface area (Å²) in [5.41, 5.74) is 0.401. The molecule has 5 heteroatoms. The van der Waals surface area contributed by atoms with E-state index in [1.54, 1.807) is 31.2 Å². The van der Waals surface area contributed by atoms with Crippen LogP contribution in [0.25, 0.3) is 10.8 Å². The average molecular weight is 288 g/mol. The largest absolute Gasteiger partial charge is 0.358 e. The Labute approximate surface area is 122 Å². The molecule has 0 radical (unpaired) electrons. The Morgan fingerprint density at radius 2 is 1.81 bits per heavy atom. The van der Waals surface area contributed by atoms with Gasteiger partial charge in [-0.05, 0) is 24.4 Å². The minimum absolute atomic E-state index is 0.0163. The van der Waals surface area contributed by atoms with Crippen LogP contribution < -0.4 is 5.32 Å². The van der Waals surface area contributed by atoms with Crippen molar-refractivity contribution in [2.24, 2.45) is 0 Å². The summed E-state index contributed by atoms with van der Waals surface area (Å²) in [5.74, 6) is -0.884. The number of carbonyl (C=O) groups is 2. The second-order valence-corrected chi connectivity index (χ2v) is 4.63. The summed E-state index contributed by atoms with van der Waals surface area (Å²) >= 11 is 0. The zero-order valence-corrected chi connectivity index (χ0v) is 12.0. The maximum Gasteiger partial charge on any atom is 0.254 e. The molecule has 0 heterocycles. The number of nitrogens with one attached hydrogen (secondary N) is 1. The number of nitrogens with zero attached hydrogens (tertiary/aromatic N) is 1. The molecule has 0 aliphatic rings. The number of fused-ring (bicyclic) bond motifs is 1. The summed E-state index contributed by atoms with van der Waals surface area (Å²) in [5, 5.41) is 3.45. The Bertz CT molecular complexity index is 685. The lowest BCUT2D eigenvalue weighted by molar-refractivity contribution is -0.121. The number of hydrogen-bond donors (Lipinski definition) is 1. The monoisotopic (exact) mass is 288 g/mol. The highest BCUT2D eigenvalue weighted by atomic mass is 19.1. The number of rotatable bonds is 4. The van der Waals surface area contributed by atoms with Gasteiger partial charge in [-0.3, -0.25) is 9.59 Å². The van der Waals surface area contributed by atoms with E-state index >= 15 is 0 Å². The Hall–Kier alpha value is -2.43. The third-order valence-corrected chi connectivity index (χ3v) is 3.38. The van der Waals surface area contributed by atoms with E-state index in [-0.39, 0.29) is 24.2 Å². The van der Waals surface area contributed by atoms with E-state index in [4.69, 9.17) is 0 Å². The molecule has 0 bridgehead atoms. The lowest BCUT2D eigenvalue weighted by Crippen LogP contribution is -2.39. The van der Waals surface area contributed by atoms with Crippen LogP contribution in [0.2, 0.25) is 0 Å². The number of likely N-dealkylation sites (N-methyl/N-ethyl adjacent to an activating group) is 2. The molecule has 0 aliphatic carbocycles. The molecule has 0 fully saturated rings.